The molecule has 1 saturated heterocycles. The van der Waals surface area contributed by atoms with E-state index in [0.717, 1.165) is 29.9 Å². The summed E-state index contributed by atoms with van der Waals surface area (Å²) in [5, 5.41) is 3.63. The zero-order chi connectivity index (χ0) is 22.7. The van der Waals surface area contributed by atoms with E-state index < -0.39 is 0 Å². The molecule has 4 rings (SSSR count). The summed E-state index contributed by atoms with van der Waals surface area (Å²) in [6.45, 7) is 6.31. The van der Waals surface area contributed by atoms with E-state index in [4.69, 9.17) is 0 Å². The molecule has 8 heteroatoms. The third kappa shape index (κ3) is 4.33. The summed E-state index contributed by atoms with van der Waals surface area (Å²) in [4.78, 5) is 35.9. The minimum Gasteiger partial charge on any atom is -0.322 e. The Labute approximate surface area is 192 Å². The molecule has 1 fully saturated rings. The second-order valence-electron chi connectivity index (χ2n) is 8.24. The molecule has 3 heterocycles. The number of para-hydroxylation sites is 2. The molecule has 0 bridgehead atoms. The van der Waals surface area contributed by atoms with Gasteiger partial charge in [0.25, 0.3) is 0 Å². The number of anilines is 1. The lowest BCUT2D eigenvalue weighted by Crippen LogP contribution is -2.61. The molecule has 1 aliphatic heterocycles. The summed E-state index contributed by atoms with van der Waals surface area (Å²) >= 11 is 1.30. The predicted molar refractivity (Wildman–Crippen MR) is 126 cm³/mol. The number of amides is 3. The van der Waals surface area contributed by atoms with Crippen LogP contribution in [0.15, 0.2) is 60.0 Å². The van der Waals surface area contributed by atoms with Crippen LogP contribution >= 0.6 is 11.8 Å². The second-order valence-corrected chi connectivity index (χ2v) is 9.18. The van der Waals surface area contributed by atoms with Crippen molar-refractivity contribution in [2.24, 2.45) is 0 Å². The standard InChI is InChI=1S/C24H27N5O2S/c1-17-15-18(2)26-23(25-17)32-16-22(30)29(14-8-9-19(29)3)24(31)27-20-10-4-5-11-21(20)28-12-6-7-13-28/h4-7,10-13,15,19H,8-9,14,16H2,1-3H3/p+1/t19-,29?/m1/s1. The van der Waals surface area contributed by atoms with Crippen molar-refractivity contribution in [1.29, 1.82) is 0 Å². The van der Waals surface area contributed by atoms with Crippen molar-refractivity contribution in [1.82, 2.24) is 14.5 Å². The van der Waals surface area contributed by atoms with E-state index in [1.165, 1.54) is 11.8 Å². The molecule has 2 atom stereocenters. The number of hydrogen-bond acceptors (Lipinski definition) is 5. The molecule has 1 N–H and O–H groups in total. The van der Waals surface area contributed by atoms with Gasteiger partial charge < -0.3 is 4.57 Å². The zero-order valence-corrected chi connectivity index (χ0v) is 19.4. The SMILES string of the molecule is Cc1cc(C)nc(SCC(=O)[N+]2(C(=O)Nc3ccccc3-n3cccc3)CCC[C@H]2C)n1. The van der Waals surface area contributed by atoms with Gasteiger partial charge in [-0.3, -0.25) is 5.32 Å². The van der Waals surface area contributed by atoms with Crippen molar-refractivity contribution >= 4 is 29.4 Å². The number of quaternary nitrogens is 1. The highest BCUT2D eigenvalue weighted by Gasteiger charge is 2.52. The third-order valence-electron chi connectivity index (χ3n) is 6.01. The number of carbonyl (C=O) groups excluding carboxylic acids is 2. The largest absolute Gasteiger partial charge is 0.428 e. The van der Waals surface area contributed by atoms with Crippen molar-refractivity contribution in [2.75, 3.05) is 17.6 Å². The molecule has 1 aliphatic rings. The van der Waals surface area contributed by atoms with E-state index in [-0.39, 0.29) is 28.2 Å². The van der Waals surface area contributed by atoms with Crippen molar-refractivity contribution in [3.63, 3.8) is 0 Å². The molecule has 1 aromatic carbocycles. The first-order chi connectivity index (χ1) is 15.4. The molecule has 3 amide bonds. The topological polar surface area (TPSA) is 76.9 Å². The zero-order valence-electron chi connectivity index (χ0n) is 18.6. The number of carbonyl (C=O) groups is 2. The molecular weight excluding hydrogens is 422 g/mol. The predicted octanol–water partition coefficient (Wildman–Crippen LogP) is 4.73. The van der Waals surface area contributed by atoms with Crippen molar-refractivity contribution < 1.29 is 14.1 Å². The summed E-state index contributed by atoms with van der Waals surface area (Å²) in [6.07, 6.45) is 5.53. The average Bonchev–Trinajstić information content (AvgIpc) is 3.42. The molecule has 32 heavy (non-hydrogen) atoms. The molecule has 0 saturated carbocycles. The number of thioether (sulfide) groups is 1. The average molecular weight is 451 g/mol. The maximum Gasteiger partial charge on any atom is 0.428 e. The van der Waals surface area contributed by atoms with Gasteiger partial charge in [-0.25, -0.2) is 19.6 Å². The lowest BCUT2D eigenvalue weighted by molar-refractivity contribution is -0.781. The Balaban J connectivity index is 1.57. The fraction of sp³-hybridized carbons (Fsp3) is 0.333. The number of aryl methyl sites for hydroxylation is 2. The molecule has 0 aliphatic carbocycles. The van der Waals surface area contributed by atoms with Crippen molar-refractivity contribution in [3.05, 3.63) is 66.2 Å². The summed E-state index contributed by atoms with van der Waals surface area (Å²) in [5.74, 6) is 0.0404. The number of benzene rings is 1. The van der Waals surface area contributed by atoms with Crippen LogP contribution in [0, 0.1) is 13.8 Å². The minimum atomic E-state index is -0.276. The van der Waals surface area contributed by atoms with Gasteiger partial charge in [-0.1, -0.05) is 23.9 Å². The highest BCUT2D eigenvalue weighted by atomic mass is 32.2. The summed E-state index contributed by atoms with van der Waals surface area (Å²) < 4.78 is 1.75. The summed E-state index contributed by atoms with van der Waals surface area (Å²) in [7, 11) is 0. The number of urea groups is 1. The van der Waals surface area contributed by atoms with Crippen molar-refractivity contribution in [3.8, 4) is 5.69 Å². The smallest absolute Gasteiger partial charge is 0.322 e. The number of aromatic nitrogens is 3. The van der Waals surface area contributed by atoms with Gasteiger partial charge in [0.15, 0.2) is 5.16 Å². The van der Waals surface area contributed by atoms with Crippen LogP contribution in [-0.4, -0.2) is 49.3 Å². The van der Waals surface area contributed by atoms with Gasteiger partial charge in [0.05, 0.1) is 17.9 Å². The van der Waals surface area contributed by atoms with Crippen LogP contribution in [0.5, 0.6) is 0 Å². The van der Waals surface area contributed by atoms with E-state index in [0.29, 0.717) is 17.4 Å². The Bertz CT molecular complexity index is 1110. The second kappa shape index (κ2) is 9.26. The van der Waals surface area contributed by atoms with Gasteiger partial charge in [-0.05, 0) is 51.1 Å². The van der Waals surface area contributed by atoms with Crippen LogP contribution in [0.3, 0.4) is 0 Å². The highest BCUT2D eigenvalue weighted by molar-refractivity contribution is 7.99. The Morgan fingerprint density at radius 1 is 1.12 bits per heavy atom. The van der Waals surface area contributed by atoms with Crippen LogP contribution < -0.4 is 5.32 Å². The molecule has 2 aromatic heterocycles. The fourth-order valence-electron chi connectivity index (χ4n) is 4.38. The Morgan fingerprint density at radius 2 is 1.81 bits per heavy atom. The van der Waals surface area contributed by atoms with Gasteiger partial charge in [-0.15, -0.1) is 0 Å². The van der Waals surface area contributed by atoms with Gasteiger partial charge in [0, 0.05) is 36.6 Å². The Hall–Kier alpha value is -2.97. The number of nitrogens with one attached hydrogen (secondary N) is 1. The number of hydrogen-bond donors (Lipinski definition) is 1. The molecule has 3 aromatic rings. The van der Waals surface area contributed by atoms with E-state index in [9.17, 15) is 9.59 Å². The minimum absolute atomic E-state index is 0.0815. The number of nitrogens with zero attached hydrogens (tertiary/aromatic N) is 4. The van der Waals surface area contributed by atoms with Crippen LogP contribution in [0.25, 0.3) is 5.69 Å². The quantitative estimate of drug-likeness (QED) is 0.345. The van der Waals surface area contributed by atoms with Gasteiger partial charge in [0.1, 0.15) is 11.8 Å². The van der Waals surface area contributed by atoms with E-state index in [1.807, 2.05) is 80.2 Å². The maximum atomic E-state index is 13.6. The van der Waals surface area contributed by atoms with E-state index in [2.05, 4.69) is 15.3 Å². The number of imide groups is 1. The Kier molecular flexibility index (Phi) is 6.43. The molecule has 0 spiro atoms. The van der Waals surface area contributed by atoms with Gasteiger partial charge in [-0.2, -0.15) is 4.48 Å². The monoisotopic (exact) mass is 450 g/mol. The first kappa shape index (κ1) is 22.2. The van der Waals surface area contributed by atoms with E-state index in [1.54, 1.807) is 0 Å². The van der Waals surface area contributed by atoms with Gasteiger partial charge in [0.2, 0.25) is 0 Å². The third-order valence-corrected chi connectivity index (χ3v) is 6.84. The summed E-state index contributed by atoms with van der Waals surface area (Å²) in [6, 6.07) is 13.0. The number of likely N-dealkylation sites (tertiary alicyclic amines) is 1. The van der Waals surface area contributed by atoms with Crippen LogP contribution in [0.4, 0.5) is 10.5 Å². The van der Waals surface area contributed by atoms with Gasteiger partial charge >= 0.3 is 11.9 Å². The molecule has 166 valence electrons. The molecular formula is C24H28N5O2S+. The molecule has 7 nitrogen and oxygen atoms in total. The first-order valence-corrected chi connectivity index (χ1v) is 11.8. The Morgan fingerprint density at radius 3 is 2.47 bits per heavy atom. The maximum absolute atomic E-state index is 13.6. The molecule has 1 unspecified atom stereocenters. The lowest BCUT2D eigenvalue weighted by Gasteiger charge is -2.33. The van der Waals surface area contributed by atoms with Crippen LogP contribution in [-0.2, 0) is 4.79 Å². The molecule has 0 radical (unpaired) electrons. The first-order valence-electron chi connectivity index (χ1n) is 10.8. The normalized spacial score (nSPS) is 20.3. The van der Waals surface area contributed by atoms with Crippen LogP contribution in [0.1, 0.15) is 31.2 Å². The highest BCUT2D eigenvalue weighted by Crippen LogP contribution is 2.32. The lowest BCUT2D eigenvalue weighted by atomic mass is 10.2. The fourth-order valence-corrected chi connectivity index (χ4v) is 5.28. The number of rotatable bonds is 5. The van der Waals surface area contributed by atoms with E-state index >= 15 is 0 Å². The summed E-state index contributed by atoms with van der Waals surface area (Å²) in [5.41, 5.74) is 3.28. The van der Waals surface area contributed by atoms with Crippen molar-refractivity contribution in [2.45, 2.75) is 44.8 Å². The van der Waals surface area contributed by atoms with Crippen LogP contribution in [0.2, 0.25) is 0 Å².